The van der Waals surface area contributed by atoms with E-state index in [1.165, 1.54) is 11.1 Å². The van der Waals surface area contributed by atoms with Gasteiger partial charge in [-0.3, -0.25) is 0 Å². The van der Waals surface area contributed by atoms with Crippen molar-refractivity contribution in [2.75, 3.05) is 13.2 Å². The largest absolute Gasteiger partial charge is 0.372 e. The lowest BCUT2D eigenvalue weighted by atomic mass is 9.87. The Kier molecular flexibility index (Phi) is 10.4. The van der Waals surface area contributed by atoms with Crippen LogP contribution in [0.1, 0.15) is 49.4 Å². The molecule has 1 unspecified atom stereocenters. The van der Waals surface area contributed by atoms with Crippen molar-refractivity contribution in [3.63, 3.8) is 0 Å². The molecule has 3 rings (SSSR count). The molecule has 188 valence electrons. The summed E-state index contributed by atoms with van der Waals surface area (Å²) in [5.74, 6) is 0.227. The molecule has 4 heteroatoms. The lowest BCUT2D eigenvalue weighted by Crippen LogP contribution is -2.56. The highest BCUT2D eigenvalue weighted by molar-refractivity contribution is 8.00. The Morgan fingerprint density at radius 1 is 1.00 bits per heavy atom. The van der Waals surface area contributed by atoms with Crippen LogP contribution in [-0.4, -0.2) is 35.8 Å². The van der Waals surface area contributed by atoms with Crippen molar-refractivity contribution in [2.24, 2.45) is 5.92 Å². The van der Waals surface area contributed by atoms with Gasteiger partial charge in [0.15, 0.2) is 4.93 Å². The highest BCUT2D eigenvalue weighted by Crippen LogP contribution is 2.51. The molecule has 5 atom stereocenters. The van der Waals surface area contributed by atoms with Crippen molar-refractivity contribution in [3.8, 4) is 0 Å². The van der Waals surface area contributed by atoms with Gasteiger partial charge in [-0.1, -0.05) is 93.6 Å². The summed E-state index contributed by atoms with van der Waals surface area (Å²) in [4.78, 5) is -1.22. The fourth-order valence-electron chi connectivity index (χ4n) is 4.72. The first-order valence-corrected chi connectivity index (χ1v) is 13.5. The van der Waals surface area contributed by atoms with E-state index >= 15 is 0 Å². The average molecular weight is 493 g/mol. The summed E-state index contributed by atoms with van der Waals surface area (Å²) >= 11 is 1.60. The predicted molar refractivity (Wildman–Crippen MR) is 150 cm³/mol. The van der Waals surface area contributed by atoms with E-state index in [0.717, 1.165) is 30.4 Å². The molecule has 0 spiro atoms. The van der Waals surface area contributed by atoms with E-state index in [1.54, 1.807) is 23.9 Å². The number of allylic oxidation sites excluding steroid dienone is 1. The highest BCUT2D eigenvalue weighted by atomic mass is 32.2. The summed E-state index contributed by atoms with van der Waals surface area (Å²) < 4.78 is 12.4. The zero-order chi connectivity index (χ0) is 25.3. The molecule has 0 amide bonds. The maximum Gasteiger partial charge on any atom is 0.165 e. The second kappa shape index (κ2) is 13.3. The number of benzene rings is 2. The topological polar surface area (TPSA) is 38.7 Å². The third-order valence-electron chi connectivity index (χ3n) is 6.71. The number of thioether (sulfide) groups is 1. The molecule has 0 bridgehead atoms. The predicted octanol–water partition coefficient (Wildman–Crippen LogP) is 6.95. The quantitative estimate of drug-likeness (QED) is 0.325. The SMILES string of the molecule is C=CCO[C@H]1[C@H](C)[C@@H](CC)SC(O)(c2cccc(CC=Cc3ccc(CC)cc3)c2)[C@@H]1OCC=C. The minimum absolute atomic E-state index is 0.227. The van der Waals surface area contributed by atoms with Crippen LogP contribution in [0, 0.1) is 5.92 Å². The third-order valence-corrected chi connectivity index (χ3v) is 8.61. The summed E-state index contributed by atoms with van der Waals surface area (Å²) in [6.45, 7) is 14.9. The van der Waals surface area contributed by atoms with Crippen LogP contribution in [0.4, 0.5) is 0 Å². The molecule has 35 heavy (non-hydrogen) atoms. The van der Waals surface area contributed by atoms with E-state index in [0.29, 0.717) is 13.2 Å². The maximum absolute atomic E-state index is 12.2. The number of rotatable bonds is 12. The molecule has 2 aromatic carbocycles. The molecule has 1 N–H and O–H groups in total. The third kappa shape index (κ3) is 6.77. The van der Waals surface area contributed by atoms with Gasteiger partial charge < -0.3 is 14.6 Å². The number of aliphatic hydroxyl groups is 1. The standard InChI is InChI=1S/C31H40O3S/c1-6-20-33-29-23(5)28(9-4)35-31(32,30(29)34-21-7-2)27-15-11-14-26(22-27)13-10-12-25-18-16-24(8-3)17-19-25/h6-7,10-12,14-19,22-23,28-30,32H,1-2,8-9,13,20-21H2,3-5H3/t23-,28-,29+,30-,31?/m1/s1. The molecule has 1 fully saturated rings. The molecule has 3 nitrogen and oxygen atoms in total. The summed E-state index contributed by atoms with van der Waals surface area (Å²) in [6.07, 6.45) is 9.80. The van der Waals surface area contributed by atoms with Crippen LogP contribution in [0.2, 0.25) is 0 Å². The molecule has 2 aromatic rings. The second-order valence-corrected chi connectivity index (χ2v) is 10.6. The van der Waals surface area contributed by atoms with Gasteiger partial charge in [0.25, 0.3) is 0 Å². The van der Waals surface area contributed by atoms with E-state index in [1.807, 2.05) is 12.1 Å². The Morgan fingerprint density at radius 2 is 1.71 bits per heavy atom. The molecule has 0 aliphatic carbocycles. The van der Waals surface area contributed by atoms with Crippen LogP contribution >= 0.6 is 11.8 Å². The number of hydrogen-bond donors (Lipinski definition) is 1. The summed E-state index contributed by atoms with van der Waals surface area (Å²) in [5.41, 5.74) is 4.54. The first-order chi connectivity index (χ1) is 17.0. The lowest BCUT2D eigenvalue weighted by Gasteiger charge is -2.49. The molecular weight excluding hydrogens is 452 g/mol. The fraction of sp³-hybridized carbons (Fsp3) is 0.419. The van der Waals surface area contributed by atoms with Gasteiger partial charge >= 0.3 is 0 Å². The summed E-state index contributed by atoms with van der Waals surface area (Å²) in [7, 11) is 0. The second-order valence-electron chi connectivity index (χ2n) is 9.15. The lowest BCUT2D eigenvalue weighted by molar-refractivity contribution is -0.150. The van der Waals surface area contributed by atoms with E-state index in [4.69, 9.17) is 9.47 Å². The van der Waals surface area contributed by atoms with Crippen molar-refractivity contribution in [2.45, 2.75) is 62.4 Å². The van der Waals surface area contributed by atoms with Crippen LogP contribution in [0.5, 0.6) is 0 Å². The number of aryl methyl sites for hydroxylation is 1. The van der Waals surface area contributed by atoms with Crippen LogP contribution in [-0.2, 0) is 27.2 Å². The Hall–Kier alpha value is -2.11. The molecule has 0 saturated carbocycles. The van der Waals surface area contributed by atoms with Crippen molar-refractivity contribution in [3.05, 3.63) is 102 Å². The zero-order valence-electron chi connectivity index (χ0n) is 21.4. The van der Waals surface area contributed by atoms with E-state index < -0.39 is 11.0 Å². The maximum atomic E-state index is 12.2. The first kappa shape index (κ1) is 27.5. The molecule has 0 radical (unpaired) electrons. The Morgan fingerprint density at radius 3 is 2.37 bits per heavy atom. The van der Waals surface area contributed by atoms with Gasteiger partial charge in [-0.05, 0) is 47.4 Å². The van der Waals surface area contributed by atoms with Gasteiger partial charge in [0.1, 0.15) is 6.10 Å². The van der Waals surface area contributed by atoms with Gasteiger partial charge in [-0.2, -0.15) is 0 Å². The first-order valence-electron chi connectivity index (χ1n) is 12.7. The van der Waals surface area contributed by atoms with Crippen LogP contribution in [0.25, 0.3) is 6.08 Å². The van der Waals surface area contributed by atoms with Gasteiger partial charge in [0, 0.05) is 5.25 Å². The summed E-state index contributed by atoms with van der Waals surface area (Å²) in [5, 5.41) is 12.4. The molecule has 1 saturated heterocycles. The van der Waals surface area contributed by atoms with Crippen molar-refractivity contribution in [1.82, 2.24) is 0 Å². The van der Waals surface area contributed by atoms with Crippen molar-refractivity contribution in [1.29, 1.82) is 0 Å². The van der Waals surface area contributed by atoms with Gasteiger partial charge in [0.2, 0.25) is 0 Å². The fourth-order valence-corrected chi connectivity index (χ4v) is 6.31. The van der Waals surface area contributed by atoms with Gasteiger partial charge in [0.05, 0.1) is 19.3 Å². The monoisotopic (exact) mass is 492 g/mol. The van der Waals surface area contributed by atoms with E-state index in [2.05, 4.69) is 82.5 Å². The Labute approximate surface area is 215 Å². The highest BCUT2D eigenvalue weighted by Gasteiger charge is 2.53. The summed E-state index contributed by atoms with van der Waals surface area (Å²) in [6, 6.07) is 16.9. The average Bonchev–Trinajstić information content (AvgIpc) is 2.89. The van der Waals surface area contributed by atoms with Crippen LogP contribution in [0.15, 0.2) is 79.9 Å². The van der Waals surface area contributed by atoms with Crippen molar-refractivity contribution < 1.29 is 14.6 Å². The normalized spacial score (nSPS) is 26.6. The number of ether oxygens (including phenoxy) is 2. The van der Waals surface area contributed by atoms with Crippen LogP contribution < -0.4 is 0 Å². The molecule has 0 aromatic heterocycles. The van der Waals surface area contributed by atoms with Crippen molar-refractivity contribution >= 4 is 17.8 Å². The minimum Gasteiger partial charge on any atom is -0.372 e. The molecular formula is C31H40O3S. The zero-order valence-corrected chi connectivity index (χ0v) is 22.2. The van der Waals surface area contributed by atoms with E-state index in [9.17, 15) is 5.11 Å². The molecule has 1 aliphatic rings. The minimum atomic E-state index is -1.22. The van der Waals surface area contributed by atoms with Crippen LogP contribution in [0.3, 0.4) is 0 Å². The Bertz CT molecular complexity index is 983. The Balaban J connectivity index is 1.87. The number of hydrogen-bond acceptors (Lipinski definition) is 4. The molecule has 1 heterocycles. The van der Waals surface area contributed by atoms with Gasteiger partial charge in [-0.25, -0.2) is 0 Å². The smallest absolute Gasteiger partial charge is 0.165 e. The van der Waals surface area contributed by atoms with E-state index in [-0.39, 0.29) is 17.3 Å². The molecule has 1 aliphatic heterocycles. The van der Waals surface area contributed by atoms with Gasteiger partial charge in [-0.15, -0.1) is 24.9 Å².